The maximum atomic E-state index is 12.5. The number of para-hydroxylation sites is 2. The van der Waals surface area contributed by atoms with Gasteiger partial charge in [0.15, 0.2) is 0 Å². The molecule has 0 atom stereocenters. The van der Waals surface area contributed by atoms with E-state index in [2.05, 4.69) is 22.5 Å². The van der Waals surface area contributed by atoms with Crippen LogP contribution in [0.25, 0.3) is 0 Å². The predicted molar refractivity (Wildman–Crippen MR) is 102 cm³/mol. The van der Waals surface area contributed by atoms with E-state index in [0.29, 0.717) is 5.75 Å². The fourth-order valence-electron chi connectivity index (χ4n) is 2.33. The summed E-state index contributed by atoms with van der Waals surface area (Å²) < 4.78 is 5.26. The molecule has 140 valence electrons. The molecule has 0 aliphatic carbocycles. The molecule has 0 saturated heterocycles. The quantitative estimate of drug-likeness (QED) is 0.514. The van der Waals surface area contributed by atoms with E-state index in [1.807, 2.05) is 18.2 Å². The number of benzene rings is 2. The van der Waals surface area contributed by atoms with Crippen LogP contribution in [0.5, 0.6) is 5.75 Å². The lowest BCUT2D eigenvalue weighted by Gasteiger charge is -2.12. The number of hydrogen-bond acceptors (Lipinski definition) is 4. The Morgan fingerprint density at radius 1 is 1.00 bits per heavy atom. The summed E-state index contributed by atoms with van der Waals surface area (Å²) in [5, 5.41) is 7.61. The van der Waals surface area contributed by atoms with Crippen molar-refractivity contribution in [3.63, 3.8) is 0 Å². The first-order valence-corrected chi connectivity index (χ1v) is 8.26. The monoisotopic (exact) mass is 367 g/mol. The Labute approximate surface area is 157 Å². The molecule has 3 N–H and O–H groups in total. The second-order valence-corrected chi connectivity index (χ2v) is 5.49. The van der Waals surface area contributed by atoms with E-state index in [0.717, 1.165) is 5.56 Å². The molecule has 0 fully saturated rings. The smallest absolute Gasteiger partial charge is 0.313 e. The molecule has 0 aliphatic rings. The SMILES string of the molecule is C=CCNC(=O)C(=O)Nc1ccccc1C(=O)NCc1ccccc1OC. The molecule has 0 heterocycles. The normalized spacial score (nSPS) is 9.81. The minimum absolute atomic E-state index is 0.174. The zero-order valence-electron chi connectivity index (χ0n) is 15.0. The highest BCUT2D eigenvalue weighted by Gasteiger charge is 2.17. The van der Waals surface area contributed by atoms with Crippen molar-refractivity contribution in [2.45, 2.75) is 6.54 Å². The molecule has 0 spiro atoms. The van der Waals surface area contributed by atoms with Gasteiger partial charge in [0.25, 0.3) is 5.91 Å². The van der Waals surface area contributed by atoms with Crippen molar-refractivity contribution in [3.05, 3.63) is 72.3 Å². The maximum Gasteiger partial charge on any atom is 0.313 e. The Bertz CT molecular complexity index is 849. The minimum Gasteiger partial charge on any atom is -0.496 e. The first-order chi connectivity index (χ1) is 13.1. The Balaban J connectivity index is 2.07. The number of carbonyl (C=O) groups excluding carboxylic acids is 3. The van der Waals surface area contributed by atoms with Crippen LogP contribution < -0.4 is 20.7 Å². The third-order valence-corrected chi connectivity index (χ3v) is 3.66. The van der Waals surface area contributed by atoms with Gasteiger partial charge in [0.2, 0.25) is 0 Å². The molecule has 0 aliphatic heterocycles. The molecule has 2 aromatic rings. The highest BCUT2D eigenvalue weighted by molar-refractivity contribution is 6.40. The second-order valence-electron chi connectivity index (χ2n) is 5.49. The molecule has 7 heteroatoms. The van der Waals surface area contributed by atoms with Gasteiger partial charge in [-0.15, -0.1) is 6.58 Å². The average Bonchev–Trinajstić information content (AvgIpc) is 2.70. The number of anilines is 1. The van der Waals surface area contributed by atoms with Crippen molar-refractivity contribution in [2.75, 3.05) is 19.0 Å². The van der Waals surface area contributed by atoms with Gasteiger partial charge in [0.1, 0.15) is 5.75 Å². The molecule has 27 heavy (non-hydrogen) atoms. The van der Waals surface area contributed by atoms with Gasteiger partial charge in [-0.2, -0.15) is 0 Å². The van der Waals surface area contributed by atoms with Crippen LogP contribution in [-0.4, -0.2) is 31.4 Å². The Kier molecular flexibility index (Phi) is 7.13. The topological polar surface area (TPSA) is 96.5 Å². The molecule has 0 unspecified atom stereocenters. The lowest BCUT2D eigenvalue weighted by Crippen LogP contribution is -2.36. The largest absolute Gasteiger partial charge is 0.496 e. The van der Waals surface area contributed by atoms with E-state index in [-0.39, 0.29) is 30.2 Å². The highest BCUT2D eigenvalue weighted by atomic mass is 16.5. The van der Waals surface area contributed by atoms with Gasteiger partial charge < -0.3 is 20.7 Å². The number of methoxy groups -OCH3 is 1. The maximum absolute atomic E-state index is 12.5. The molecule has 2 rings (SSSR count). The zero-order chi connectivity index (χ0) is 19.6. The fraction of sp³-hybridized carbons (Fsp3) is 0.150. The summed E-state index contributed by atoms with van der Waals surface area (Å²) in [4.78, 5) is 36.2. The average molecular weight is 367 g/mol. The third-order valence-electron chi connectivity index (χ3n) is 3.66. The Morgan fingerprint density at radius 2 is 1.70 bits per heavy atom. The van der Waals surface area contributed by atoms with Gasteiger partial charge in [-0.3, -0.25) is 14.4 Å². The zero-order valence-corrected chi connectivity index (χ0v) is 15.0. The van der Waals surface area contributed by atoms with Crippen LogP contribution in [-0.2, 0) is 16.1 Å². The van der Waals surface area contributed by atoms with Gasteiger partial charge in [-0.05, 0) is 18.2 Å². The predicted octanol–water partition coefficient (Wildman–Crippen LogP) is 1.87. The van der Waals surface area contributed by atoms with Crippen LogP contribution in [0.1, 0.15) is 15.9 Å². The molecule has 2 aromatic carbocycles. The van der Waals surface area contributed by atoms with Crippen molar-refractivity contribution in [1.82, 2.24) is 10.6 Å². The van der Waals surface area contributed by atoms with Gasteiger partial charge in [-0.25, -0.2) is 0 Å². The van der Waals surface area contributed by atoms with Crippen LogP contribution in [0, 0.1) is 0 Å². The second kappa shape index (κ2) is 9.76. The van der Waals surface area contributed by atoms with Crippen LogP contribution >= 0.6 is 0 Å². The Morgan fingerprint density at radius 3 is 2.44 bits per heavy atom. The molecule has 0 aromatic heterocycles. The lowest BCUT2D eigenvalue weighted by atomic mass is 10.1. The number of hydrogen-bond donors (Lipinski definition) is 3. The van der Waals surface area contributed by atoms with Crippen molar-refractivity contribution in [3.8, 4) is 5.75 Å². The van der Waals surface area contributed by atoms with Crippen LogP contribution in [0.2, 0.25) is 0 Å². The van der Waals surface area contributed by atoms with E-state index < -0.39 is 11.8 Å². The molecule has 7 nitrogen and oxygen atoms in total. The molecule has 0 radical (unpaired) electrons. The Hall–Kier alpha value is -3.61. The van der Waals surface area contributed by atoms with Crippen molar-refractivity contribution >= 4 is 23.4 Å². The molecule has 0 saturated carbocycles. The lowest BCUT2D eigenvalue weighted by molar-refractivity contribution is -0.136. The third kappa shape index (κ3) is 5.43. The van der Waals surface area contributed by atoms with E-state index in [4.69, 9.17) is 4.74 Å². The minimum atomic E-state index is -0.859. The van der Waals surface area contributed by atoms with E-state index in [1.54, 1.807) is 37.4 Å². The molecule has 0 bridgehead atoms. The van der Waals surface area contributed by atoms with Crippen molar-refractivity contribution < 1.29 is 19.1 Å². The first kappa shape index (κ1) is 19.7. The fourth-order valence-corrected chi connectivity index (χ4v) is 2.33. The molecule has 3 amide bonds. The van der Waals surface area contributed by atoms with Gasteiger partial charge >= 0.3 is 11.8 Å². The summed E-state index contributed by atoms with van der Waals surface area (Å²) in [6.45, 7) is 3.89. The number of nitrogens with one attached hydrogen (secondary N) is 3. The molecular formula is C20H21N3O4. The molecular weight excluding hydrogens is 346 g/mol. The first-order valence-electron chi connectivity index (χ1n) is 8.26. The van der Waals surface area contributed by atoms with Crippen LogP contribution in [0.4, 0.5) is 5.69 Å². The van der Waals surface area contributed by atoms with Crippen LogP contribution in [0.3, 0.4) is 0 Å². The van der Waals surface area contributed by atoms with Gasteiger partial charge in [0, 0.05) is 18.7 Å². The number of rotatable bonds is 7. The van der Waals surface area contributed by atoms with Gasteiger partial charge in [-0.1, -0.05) is 36.4 Å². The number of ether oxygens (including phenoxy) is 1. The summed E-state index contributed by atoms with van der Waals surface area (Å²) in [5.41, 5.74) is 1.31. The highest BCUT2D eigenvalue weighted by Crippen LogP contribution is 2.18. The summed E-state index contributed by atoms with van der Waals surface area (Å²) in [7, 11) is 1.56. The van der Waals surface area contributed by atoms with Crippen molar-refractivity contribution in [2.24, 2.45) is 0 Å². The standard InChI is InChI=1S/C20H21N3O4/c1-3-12-21-19(25)20(26)23-16-10-6-5-9-15(16)18(24)22-13-14-8-4-7-11-17(14)27-2/h3-11H,1,12-13H2,2H3,(H,21,25)(H,22,24)(H,23,26). The number of carbonyl (C=O) groups is 3. The van der Waals surface area contributed by atoms with Gasteiger partial charge in [0.05, 0.1) is 18.4 Å². The summed E-state index contributed by atoms with van der Waals surface area (Å²) >= 11 is 0. The number of amides is 3. The van der Waals surface area contributed by atoms with Crippen molar-refractivity contribution in [1.29, 1.82) is 0 Å². The summed E-state index contributed by atoms with van der Waals surface area (Å²) in [5.74, 6) is -1.39. The van der Waals surface area contributed by atoms with E-state index in [1.165, 1.54) is 6.08 Å². The summed E-state index contributed by atoms with van der Waals surface area (Å²) in [6, 6.07) is 13.8. The summed E-state index contributed by atoms with van der Waals surface area (Å²) in [6.07, 6.45) is 1.46. The van der Waals surface area contributed by atoms with E-state index in [9.17, 15) is 14.4 Å². The van der Waals surface area contributed by atoms with Crippen LogP contribution in [0.15, 0.2) is 61.2 Å². The van der Waals surface area contributed by atoms with E-state index >= 15 is 0 Å².